The van der Waals surface area contributed by atoms with E-state index >= 15 is 0 Å². The van der Waals surface area contributed by atoms with E-state index in [2.05, 4.69) is 203 Å². The molecule has 56 heavy (non-hydrogen) atoms. The Kier molecular flexibility index (Phi) is 7.46. The van der Waals surface area contributed by atoms with E-state index in [0.29, 0.717) is 5.82 Å². The summed E-state index contributed by atoms with van der Waals surface area (Å²) in [6, 6.07) is 73.2. The number of benzene rings is 8. The fourth-order valence-corrected chi connectivity index (χ4v) is 8.37. The van der Waals surface area contributed by atoms with Gasteiger partial charge in [-0.1, -0.05) is 140 Å². The molecule has 0 atom stereocenters. The van der Waals surface area contributed by atoms with E-state index < -0.39 is 0 Å². The molecule has 11 aromatic rings. The molecule has 8 aromatic carbocycles. The van der Waals surface area contributed by atoms with Gasteiger partial charge < -0.3 is 9.13 Å². The summed E-state index contributed by atoms with van der Waals surface area (Å²) >= 11 is 0. The quantitative estimate of drug-likeness (QED) is 0.172. The Morgan fingerprint density at radius 3 is 1.29 bits per heavy atom. The maximum absolute atomic E-state index is 5.37. The number of para-hydroxylation sites is 4. The van der Waals surface area contributed by atoms with E-state index in [1.807, 2.05) is 12.1 Å². The second-order valence-corrected chi connectivity index (χ2v) is 14.2. The third-order valence-electron chi connectivity index (χ3n) is 10.9. The normalized spacial score (nSPS) is 11.6. The summed E-state index contributed by atoms with van der Waals surface area (Å²) < 4.78 is 4.75. The molecule has 0 amide bonds. The van der Waals surface area contributed by atoms with Crippen molar-refractivity contribution in [2.75, 3.05) is 0 Å². The van der Waals surface area contributed by atoms with Crippen molar-refractivity contribution in [1.29, 1.82) is 0 Å². The van der Waals surface area contributed by atoms with Crippen molar-refractivity contribution < 1.29 is 0 Å². The Bertz CT molecular complexity index is 3160. The number of aromatic nitrogens is 4. The minimum absolute atomic E-state index is 0.686. The monoisotopic (exact) mass is 714 g/mol. The lowest BCUT2D eigenvalue weighted by Gasteiger charge is -2.15. The van der Waals surface area contributed by atoms with Crippen LogP contribution in [0.15, 0.2) is 206 Å². The van der Waals surface area contributed by atoms with Gasteiger partial charge in [0.25, 0.3) is 0 Å². The molecule has 0 fully saturated rings. The molecule has 11 rings (SSSR count). The van der Waals surface area contributed by atoms with Crippen molar-refractivity contribution in [2.24, 2.45) is 0 Å². The van der Waals surface area contributed by atoms with Crippen LogP contribution in [0.5, 0.6) is 0 Å². The molecule has 0 aliphatic rings. The summed E-state index contributed by atoms with van der Waals surface area (Å²) in [6.07, 6.45) is 0. The Balaban J connectivity index is 1.24. The zero-order chi connectivity index (χ0) is 37.0. The number of rotatable bonds is 6. The lowest BCUT2D eigenvalue weighted by Crippen LogP contribution is -1.99. The van der Waals surface area contributed by atoms with Gasteiger partial charge in [-0.3, -0.25) is 0 Å². The summed E-state index contributed by atoms with van der Waals surface area (Å²) in [6.45, 7) is 0. The van der Waals surface area contributed by atoms with Gasteiger partial charge in [0.1, 0.15) is 0 Å². The Morgan fingerprint density at radius 1 is 0.286 bits per heavy atom. The largest absolute Gasteiger partial charge is 0.309 e. The predicted molar refractivity (Wildman–Crippen MR) is 232 cm³/mol. The molecule has 0 saturated heterocycles. The molecule has 4 heteroatoms. The van der Waals surface area contributed by atoms with E-state index in [1.165, 1.54) is 21.7 Å². The van der Waals surface area contributed by atoms with Crippen LogP contribution in [0.2, 0.25) is 0 Å². The lowest BCUT2D eigenvalue weighted by atomic mass is 9.95. The first-order chi connectivity index (χ1) is 27.8. The lowest BCUT2D eigenvalue weighted by molar-refractivity contribution is 1.17. The van der Waals surface area contributed by atoms with Gasteiger partial charge in [0.05, 0.1) is 33.5 Å². The average Bonchev–Trinajstić information content (AvgIpc) is 3.79. The van der Waals surface area contributed by atoms with Gasteiger partial charge in [0.15, 0.2) is 5.82 Å². The van der Waals surface area contributed by atoms with Crippen LogP contribution < -0.4 is 0 Å². The predicted octanol–water partition coefficient (Wildman–Crippen LogP) is 13.3. The highest BCUT2D eigenvalue weighted by atomic mass is 15.0. The summed E-state index contributed by atoms with van der Waals surface area (Å²) in [5, 5.41) is 4.74. The number of nitrogens with zero attached hydrogens (tertiary/aromatic N) is 4. The molecule has 0 bridgehead atoms. The van der Waals surface area contributed by atoms with Gasteiger partial charge in [-0.05, 0) is 77.9 Å². The highest BCUT2D eigenvalue weighted by Gasteiger charge is 2.21. The van der Waals surface area contributed by atoms with Crippen molar-refractivity contribution in [3.8, 4) is 56.4 Å². The molecule has 4 nitrogen and oxygen atoms in total. The molecule has 0 aliphatic heterocycles. The molecule has 3 aromatic heterocycles. The maximum Gasteiger partial charge on any atom is 0.161 e. The van der Waals surface area contributed by atoms with Crippen molar-refractivity contribution in [1.82, 2.24) is 19.1 Å². The van der Waals surface area contributed by atoms with Gasteiger partial charge in [-0.15, -0.1) is 0 Å². The standard InChI is InChI=1S/C52H34N4/c1-5-17-35(18-6-1)46-34-47(36-19-7-2-8-20-36)54-52(53-46)45-32-44-41-26-14-16-28-49(41)56(39-23-11-4-12-24-39)51(44)33-42(45)37-29-30-50-43(31-37)40-25-13-15-27-48(40)55(50)38-21-9-3-10-22-38/h1-34H. The molecule has 0 aliphatic carbocycles. The number of hydrogen-bond acceptors (Lipinski definition) is 2. The Labute approximate surface area is 324 Å². The molecule has 0 spiro atoms. The SMILES string of the molecule is c1ccc(-c2cc(-c3ccccc3)nc(-c3cc4c5ccccc5n(-c5ccccc5)c4cc3-c3ccc4c(c3)c3ccccc3n4-c3ccccc3)n2)cc1. The molecular formula is C52H34N4. The first-order valence-electron chi connectivity index (χ1n) is 19.0. The number of hydrogen-bond donors (Lipinski definition) is 0. The molecular weight excluding hydrogens is 681 g/mol. The molecule has 0 radical (unpaired) electrons. The van der Waals surface area contributed by atoms with Crippen molar-refractivity contribution in [2.45, 2.75) is 0 Å². The zero-order valence-corrected chi connectivity index (χ0v) is 30.4. The topological polar surface area (TPSA) is 35.6 Å². The molecule has 3 heterocycles. The van der Waals surface area contributed by atoms with E-state index in [9.17, 15) is 0 Å². The van der Waals surface area contributed by atoms with Gasteiger partial charge in [-0.25, -0.2) is 9.97 Å². The van der Waals surface area contributed by atoms with Crippen LogP contribution in [0.25, 0.3) is 100 Å². The van der Waals surface area contributed by atoms with Crippen LogP contribution in [0.4, 0.5) is 0 Å². The van der Waals surface area contributed by atoms with Crippen LogP contribution in [-0.2, 0) is 0 Å². The minimum atomic E-state index is 0.686. The first-order valence-corrected chi connectivity index (χ1v) is 19.0. The second-order valence-electron chi connectivity index (χ2n) is 14.2. The van der Waals surface area contributed by atoms with Crippen LogP contribution in [-0.4, -0.2) is 19.1 Å². The highest BCUT2D eigenvalue weighted by molar-refractivity contribution is 6.14. The second kappa shape index (κ2) is 13.1. The van der Waals surface area contributed by atoms with Gasteiger partial charge in [0, 0.05) is 49.6 Å². The minimum Gasteiger partial charge on any atom is -0.309 e. The smallest absolute Gasteiger partial charge is 0.161 e. The summed E-state index contributed by atoms with van der Waals surface area (Å²) in [5.74, 6) is 0.686. The van der Waals surface area contributed by atoms with Crippen LogP contribution in [0, 0.1) is 0 Å². The summed E-state index contributed by atoms with van der Waals surface area (Å²) in [4.78, 5) is 10.7. The van der Waals surface area contributed by atoms with Gasteiger partial charge >= 0.3 is 0 Å². The van der Waals surface area contributed by atoms with E-state index in [0.717, 1.165) is 72.5 Å². The summed E-state index contributed by atoms with van der Waals surface area (Å²) in [5.41, 5.74) is 13.9. The molecule has 262 valence electrons. The zero-order valence-electron chi connectivity index (χ0n) is 30.4. The van der Waals surface area contributed by atoms with E-state index in [4.69, 9.17) is 9.97 Å². The summed E-state index contributed by atoms with van der Waals surface area (Å²) in [7, 11) is 0. The molecule has 0 N–H and O–H groups in total. The Hall–Kier alpha value is -7.56. The molecule has 0 unspecified atom stereocenters. The maximum atomic E-state index is 5.37. The van der Waals surface area contributed by atoms with Crippen LogP contribution in [0.3, 0.4) is 0 Å². The fraction of sp³-hybridized carbons (Fsp3) is 0. The van der Waals surface area contributed by atoms with E-state index in [-0.39, 0.29) is 0 Å². The highest BCUT2D eigenvalue weighted by Crippen LogP contribution is 2.43. The molecule has 0 saturated carbocycles. The van der Waals surface area contributed by atoms with Crippen molar-refractivity contribution in [3.05, 3.63) is 206 Å². The third kappa shape index (κ3) is 5.23. The fourth-order valence-electron chi connectivity index (χ4n) is 8.37. The Morgan fingerprint density at radius 2 is 0.732 bits per heavy atom. The number of fused-ring (bicyclic) bond motifs is 6. The average molecular weight is 715 g/mol. The van der Waals surface area contributed by atoms with Gasteiger partial charge in [0.2, 0.25) is 0 Å². The van der Waals surface area contributed by atoms with Crippen molar-refractivity contribution in [3.63, 3.8) is 0 Å². The van der Waals surface area contributed by atoms with E-state index in [1.54, 1.807) is 0 Å². The van der Waals surface area contributed by atoms with Crippen molar-refractivity contribution >= 4 is 43.6 Å². The van der Waals surface area contributed by atoms with Crippen LogP contribution >= 0.6 is 0 Å². The van der Waals surface area contributed by atoms with Crippen LogP contribution in [0.1, 0.15) is 0 Å². The first kappa shape index (κ1) is 31.9. The third-order valence-corrected chi connectivity index (χ3v) is 10.9. The van der Waals surface area contributed by atoms with Gasteiger partial charge in [-0.2, -0.15) is 0 Å².